The molecule has 0 spiro atoms. The van der Waals surface area contributed by atoms with E-state index in [1.807, 2.05) is 22.8 Å². The maximum Gasteiger partial charge on any atom is 0.254 e. The van der Waals surface area contributed by atoms with Crippen LogP contribution in [0.2, 0.25) is 0 Å². The van der Waals surface area contributed by atoms with Gasteiger partial charge in [0, 0.05) is 21.1 Å². The maximum absolute atomic E-state index is 5.63. The van der Waals surface area contributed by atoms with Crippen LogP contribution in [-0.4, -0.2) is 18.1 Å². The molecule has 0 aromatic rings. The van der Waals surface area contributed by atoms with Gasteiger partial charge in [-0.15, -0.1) is 26.3 Å². The van der Waals surface area contributed by atoms with E-state index in [-0.39, 0.29) is 21.1 Å². The molecule has 0 saturated heterocycles. The Bertz CT molecular complexity index is 158. The molecule has 0 heterocycles. The predicted molar refractivity (Wildman–Crippen MR) is 56.2 cm³/mol. The van der Waals surface area contributed by atoms with E-state index < -0.39 is 18.1 Å². The predicted octanol–water partition coefficient (Wildman–Crippen LogP) is 1.35. The molecular weight excluding hydrogens is 363 g/mol. The molecule has 4 heteroatoms. The molecule has 0 saturated carbocycles. The molecule has 0 aliphatic carbocycles. The van der Waals surface area contributed by atoms with Crippen LogP contribution in [0.15, 0.2) is 49.1 Å². The first-order valence-corrected chi connectivity index (χ1v) is 6.93. The van der Waals surface area contributed by atoms with Crippen molar-refractivity contribution in [3.8, 4) is 0 Å². The fraction of sp³-hybridized carbons (Fsp3) is 0. The largest absolute Gasteiger partial charge is 0.448 e. The van der Waals surface area contributed by atoms with Crippen LogP contribution in [0.3, 0.4) is 0 Å². The zero-order chi connectivity index (χ0) is 8.74. The zero-order valence-electron chi connectivity index (χ0n) is 7.07. The van der Waals surface area contributed by atoms with Crippen LogP contribution in [0.25, 0.3) is 0 Å². The van der Waals surface area contributed by atoms with Gasteiger partial charge in [0.15, 0.2) is 9.76 Å². The molecule has 0 radical (unpaired) electrons. The van der Waals surface area contributed by atoms with Crippen molar-refractivity contribution in [1.29, 1.82) is 0 Å². The summed E-state index contributed by atoms with van der Waals surface area (Å²) in [4.78, 5) is 0. The monoisotopic (exact) mass is 377 g/mol. The molecule has 0 atom stereocenters. The van der Waals surface area contributed by atoms with Gasteiger partial charge in [0.05, 0.1) is 0 Å². The minimum atomic E-state index is -1.96. The maximum atomic E-state index is 5.63. The summed E-state index contributed by atoms with van der Waals surface area (Å²) in [5.41, 5.74) is 7.31. The van der Waals surface area contributed by atoms with E-state index in [9.17, 15) is 0 Å². The van der Waals surface area contributed by atoms with Gasteiger partial charge >= 0.3 is 0 Å². The quantitative estimate of drug-likeness (QED) is 0.635. The Morgan fingerprint density at radius 3 is 1.67 bits per heavy atom. The van der Waals surface area contributed by atoms with Crippen LogP contribution in [0.4, 0.5) is 0 Å². The van der Waals surface area contributed by atoms with Crippen LogP contribution in [-0.2, 0) is 25.2 Å². The van der Waals surface area contributed by atoms with Gasteiger partial charge in [-0.3, -0.25) is 0 Å². The molecule has 0 aromatic carbocycles. The van der Waals surface area contributed by atoms with Crippen molar-refractivity contribution in [3.63, 3.8) is 0 Å². The summed E-state index contributed by atoms with van der Waals surface area (Å²) in [6, 6.07) is 0. The SMILES string of the molecule is C=C[SiH2]O[Si](C=C)(C=C)C=C.[Pt]. The molecule has 70 valence electrons. The third-order valence-electron chi connectivity index (χ3n) is 1.41. The second-order valence-electron chi connectivity index (χ2n) is 2.07. The van der Waals surface area contributed by atoms with Crippen LogP contribution in [0, 0.1) is 0 Å². The van der Waals surface area contributed by atoms with Gasteiger partial charge in [-0.05, 0) is 0 Å². The van der Waals surface area contributed by atoms with Crippen molar-refractivity contribution >= 4 is 18.1 Å². The standard InChI is InChI=1S/C8H14OSi2.Pt/c1-5-10-9-11(6-2,7-3)8-4;/h5-8H,1-4,10H2;. The fourth-order valence-corrected chi connectivity index (χ4v) is 4.17. The second kappa shape index (κ2) is 7.68. The van der Waals surface area contributed by atoms with Crippen molar-refractivity contribution in [3.05, 3.63) is 49.1 Å². The molecule has 0 aliphatic heterocycles. The van der Waals surface area contributed by atoms with Gasteiger partial charge < -0.3 is 4.12 Å². The fourth-order valence-electron chi connectivity index (χ4n) is 0.630. The average Bonchev–Trinajstić information content (AvgIpc) is 2.08. The molecule has 0 bridgehead atoms. The molecule has 0 unspecified atom stereocenters. The first-order valence-electron chi connectivity index (χ1n) is 3.40. The molecule has 0 fully saturated rings. The van der Waals surface area contributed by atoms with E-state index >= 15 is 0 Å². The minimum absolute atomic E-state index is 0. The van der Waals surface area contributed by atoms with Crippen LogP contribution >= 0.6 is 0 Å². The van der Waals surface area contributed by atoms with Crippen molar-refractivity contribution in [1.82, 2.24) is 0 Å². The summed E-state index contributed by atoms with van der Waals surface area (Å²) >= 11 is 0. The van der Waals surface area contributed by atoms with E-state index in [1.54, 1.807) is 0 Å². The number of rotatable bonds is 6. The first-order chi connectivity index (χ1) is 5.24. The molecule has 0 aliphatic rings. The van der Waals surface area contributed by atoms with Crippen LogP contribution < -0.4 is 0 Å². The third-order valence-corrected chi connectivity index (χ3v) is 6.22. The Kier molecular flexibility index (Phi) is 9.32. The number of hydrogen-bond acceptors (Lipinski definition) is 1. The average molecular weight is 377 g/mol. The Balaban J connectivity index is 0. The van der Waals surface area contributed by atoms with E-state index in [2.05, 4.69) is 26.3 Å². The van der Waals surface area contributed by atoms with Gasteiger partial charge in [0.1, 0.15) is 0 Å². The Morgan fingerprint density at radius 2 is 1.42 bits per heavy atom. The molecule has 0 N–H and O–H groups in total. The van der Waals surface area contributed by atoms with Gasteiger partial charge in [-0.25, -0.2) is 0 Å². The third kappa shape index (κ3) is 4.16. The zero-order valence-corrected chi connectivity index (χ0v) is 11.8. The molecule has 0 aromatic heterocycles. The second-order valence-corrected chi connectivity index (χ2v) is 7.06. The summed E-state index contributed by atoms with van der Waals surface area (Å²) in [5.74, 6) is 0. The van der Waals surface area contributed by atoms with E-state index in [0.29, 0.717) is 0 Å². The van der Waals surface area contributed by atoms with Crippen molar-refractivity contribution in [2.24, 2.45) is 0 Å². The van der Waals surface area contributed by atoms with Crippen molar-refractivity contribution in [2.75, 3.05) is 0 Å². The van der Waals surface area contributed by atoms with E-state index in [0.717, 1.165) is 0 Å². The van der Waals surface area contributed by atoms with E-state index in [4.69, 9.17) is 4.12 Å². The van der Waals surface area contributed by atoms with Crippen molar-refractivity contribution in [2.45, 2.75) is 0 Å². The molecule has 12 heavy (non-hydrogen) atoms. The van der Waals surface area contributed by atoms with Gasteiger partial charge in [-0.1, -0.05) is 22.8 Å². The molecular formula is C8H14OPtSi2. The Morgan fingerprint density at radius 1 is 1.00 bits per heavy atom. The van der Waals surface area contributed by atoms with E-state index in [1.165, 1.54) is 0 Å². The summed E-state index contributed by atoms with van der Waals surface area (Å²) in [5, 5.41) is 0. The Labute approximate surface area is 92.2 Å². The number of hydrogen-bond donors (Lipinski definition) is 0. The van der Waals surface area contributed by atoms with Gasteiger partial charge in [-0.2, -0.15) is 0 Å². The van der Waals surface area contributed by atoms with Gasteiger partial charge in [0.2, 0.25) is 0 Å². The summed E-state index contributed by atoms with van der Waals surface area (Å²) in [6.07, 6.45) is 0. The minimum Gasteiger partial charge on any atom is -0.448 e. The first kappa shape index (κ1) is 14.6. The molecule has 0 amide bonds. The van der Waals surface area contributed by atoms with Crippen LogP contribution in [0.1, 0.15) is 0 Å². The molecule has 0 rings (SSSR count). The van der Waals surface area contributed by atoms with Gasteiger partial charge in [0.25, 0.3) is 8.32 Å². The smallest absolute Gasteiger partial charge is 0.254 e. The van der Waals surface area contributed by atoms with Crippen LogP contribution in [0.5, 0.6) is 0 Å². The topological polar surface area (TPSA) is 9.23 Å². The molecule has 1 nitrogen and oxygen atoms in total. The Hall–Kier alpha value is 0.0421. The summed E-state index contributed by atoms with van der Waals surface area (Å²) in [6.45, 7) is 14.8. The summed E-state index contributed by atoms with van der Waals surface area (Å²) < 4.78 is 5.63. The summed E-state index contributed by atoms with van der Waals surface area (Å²) in [7, 11) is -2.56. The normalized spacial score (nSPS) is 10.3. The van der Waals surface area contributed by atoms with Crippen molar-refractivity contribution < 1.29 is 25.2 Å².